The number of rotatable bonds is 6. The Labute approximate surface area is 108 Å². The summed E-state index contributed by atoms with van der Waals surface area (Å²) in [6.45, 7) is 5.41. The Hall–Kier alpha value is -1.30. The molecule has 1 rings (SSSR count). The Morgan fingerprint density at radius 3 is 2.39 bits per heavy atom. The van der Waals surface area contributed by atoms with Crippen LogP contribution in [0.3, 0.4) is 0 Å². The van der Waals surface area contributed by atoms with Crippen molar-refractivity contribution in [2.75, 3.05) is 20.1 Å². The van der Waals surface area contributed by atoms with Gasteiger partial charge in [-0.05, 0) is 40.2 Å². The van der Waals surface area contributed by atoms with Crippen molar-refractivity contribution in [3.63, 3.8) is 0 Å². The summed E-state index contributed by atoms with van der Waals surface area (Å²) in [7, 11) is 1.98. The molecule has 3 N–H and O–H groups in total. The van der Waals surface area contributed by atoms with Crippen molar-refractivity contribution < 1.29 is 14.7 Å². The Morgan fingerprint density at radius 1 is 1.39 bits per heavy atom. The molecule has 0 spiro atoms. The number of nitrogens with one attached hydrogen (secondary N) is 2. The van der Waals surface area contributed by atoms with Gasteiger partial charge in [-0.25, -0.2) is 9.59 Å². The molecule has 18 heavy (non-hydrogen) atoms. The molecular weight excluding hydrogens is 234 g/mol. The third kappa shape index (κ3) is 3.60. The van der Waals surface area contributed by atoms with Crippen LogP contribution in [0.1, 0.15) is 33.1 Å². The van der Waals surface area contributed by atoms with Crippen LogP contribution in [0.2, 0.25) is 0 Å². The van der Waals surface area contributed by atoms with Crippen molar-refractivity contribution in [1.82, 2.24) is 15.5 Å². The zero-order chi connectivity index (χ0) is 13.8. The number of carboxylic acid groups (broad SMARTS) is 1. The molecule has 0 unspecified atom stereocenters. The normalized spacial score (nSPS) is 17.4. The van der Waals surface area contributed by atoms with Crippen molar-refractivity contribution in [1.29, 1.82) is 0 Å². The average molecular weight is 257 g/mol. The van der Waals surface area contributed by atoms with Crippen LogP contribution in [0, 0.1) is 0 Å². The van der Waals surface area contributed by atoms with E-state index in [2.05, 4.69) is 29.4 Å². The molecule has 0 aromatic rings. The van der Waals surface area contributed by atoms with E-state index in [1.54, 1.807) is 0 Å². The summed E-state index contributed by atoms with van der Waals surface area (Å²) in [6.07, 6.45) is 1.88. The van der Waals surface area contributed by atoms with Gasteiger partial charge in [-0.1, -0.05) is 0 Å². The predicted octanol–water partition coefficient (Wildman–Crippen LogP) is 0.633. The summed E-state index contributed by atoms with van der Waals surface area (Å²) in [6, 6.07) is 0.0288. The van der Waals surface area contributed by atoms with Gasteiger partial charge < -0.3 is 20.6 Å². The van der Waals surface area contributed by atoms with Gasteiger partial charge in [0.15, 0.2) is 0 Å². The lowest BCUT2D eigenvalue weighted by molar-refractivity contribution is -0.148. The second kappa shape index (κ2) is 6.04. The Morgan fingerprint density at radius 2 is 2.00 bits per heavy atom. The molecule has 0 aliphatic heterocycles. The van der Waals surface area contributed by atoms with E-state index in [9.17, 15) is 9.59 Å². The number of carboxylic acids is 1. The lowest BCUT2D eigenvalue weighted by atomic mass is 9.77. The summed E-state index contributed by atoms with van der Waals surface area (Å²) in [5.74, 6) is -0.941. The highest BCUT2D eigenvalue weighted by molar-refractivity contribution is 5.87. The van der Waals surface area contributed by atoms with E-state index in [1.807, 2.05) is 7.05 Å². The standard InChI is InChI=1S/C12H23N3O3/c1-9(2)15(3)8-7-13-11(18)14-12(10(16)17)5-4-6-12/h9H,4-8H2,1-3H3,(H,16,17)(H2,13,14,18). The minimum absolute atomic E-state index is 0.394. The highest BCUT2D eigenvalue weighted by Crippen LogP contribution is 2.31. The highest BCUT2D eigenvalue weighted by Gasteiger charge is 2.45. The molecule has 6 nitrogen and oxygen atoms in total. The first kappa shape index (κ1) is 14.8. The minimum atomic E-state index is -1.03. The van der Waals surface area contributed by atoms with Crippen LogP contribution in [-0.2, 0) is 4.79 Å². The average Bonchev–Trinajstić information content (AvgIpc) is 2.22. The first-order valence-corrected chi connectivity index (χ1v) is 6.37. The first-order chi connectivity index (χ1) is 8.37. The zero-order valence-electron chi connectivity index (χ0n) is 11.3. The smallest absolute Gasteiger partial charge is 0.329 e. The molecule has 1 aliphatic rings. The van der Waals surface area contributed by atoms with E-state index < -0.39 is 17.5 Å². The molecule has 2 amide bonds. The third-order valence-corrected chi connectivity index (χ3v) is 3.60. The molecular formula is C12H23N3O3. The predicted molar refractivity (Wildman–Crippen MR) is 68.5 cm³/mol. The maximum absolute atomic E-state index is 11.6. The molecule has 0 radical (unpaired) electrons. The number of amides is 2. The molecule has 0 bridgehead atoms. The number of carbonyl (C=O) groups excluding carboxylic acids is 1. The zero-order valence-corrected chi connectivity index (χ0v) is 11.3. The summed E-state index contributed by atoms with van der Waals surface area (Å²) in [5, 5.41) is 14.3. The summed E-state index contributed by atoms with van der Waals surface area (Å²) < 4.78 is 0. The molecule has 1 fully saturated rings. The second-order valence-electron chi connectivity index (χ2n) is 5.20. The number of hydrogen-bond donors (Lipinski definition) is 3. The van der Waals surface area contributed by atoms with Gasteiger partial charge in [-0.3, -0.25) is 0 Å². The fourth-order valence-corrected chi connectivity index (χ4v) is 1.79. The van der Waals surface area contributed by atoms with E-state index in [0.717, 1.165) is 13.0 Å². The minimum Gasteiger partial charge on any atom is -0.480 e. The maximum atomic E-state index is 11.6. The molecule has 6 heteroatoms. The largest absolute Gasteiger partial charge is 0.480 e. The van der Waals surface area contributed by atoms with E-state index in [4.69, 9.17) is 5.11 Å². The number of urea groups is 1. The number of nitrogens with zero attached hydrogens (tertiary/aromatic N) is 1. The van der Waals surface area contributed by atoms with Gasteiger partial charge in [0.25, 0.3) is 0 Å². The lowest BCUT2D eigenvalue weighted by Crippen LogP contribution is -2.61. The van der Waals surface area contributed by atoms with Crippen molar-refractivity contribution in [2.24, 2.45) is 0 Å². The van der Waals surface area contributed by atoms with Gasteiger partial charge in [-0.2, -0.15) is 0 Å². The van der Waals surface area contributed by atoms with Crippen LogP contribution < -0.4 is 10.6 Å². The fourth-order valence-electron chi connectivity index (χ4n) is 1.79. The van der Waals surface area contributed by atoms with Crippen molar-refractivity contribution in [3.05, 3.63) is 0 Å². The summed E-state index contributed by atoms with van der Waals surface area (Å²) in [4.78, 5) is 24.8. The second-order valence-corrected chi connectivity index (χ2v) is 5.20. The van der Waals surface area contributed by atoms with Crippen LogP contribution >= 0.6 is 0 Å². The molecule has 0 aromatic carbocycles. The SMILES string of the molecule is CC(C)N(C)CCNC(=O)NC1(C(=O)O)CCC1. The summed E-state index contributed by atoms with van der Waals surface area (Å²) in [5.41, 5.74) is -1.03. The van der Waals surface area contributed by atoms with Gasteiger partial charge in [0.2, 0.25) is 0 Å². The number of hydrogen-bond acceptors (Lipinski definition) is 3. The molecule has 0 aromatic heterocycles. The van der Waals surface area contributed by atoms with Crippen molar-refractivity contribution >= 4 is 12.0 Å². The molecule has 1 aliphatic carbocycles. The van der Waals surface area contributed by atoms with E-state index in [0.29, 0.717) is 25.4 Å². The van der Waals surface area contributed by atoms with Gasteiger partial charge in [0.1, 0.15) is 5.54 Å². The van der Waals surface area contributed by atoms with Crippen molar-refractivity contribution in [3.8, 4) is 0 Å². The number of likely N-dealkylation sites (N-methyl/N-ethyl adjacent to an activating group) is 1. The Bertz CT molecular complexity index is 314. The number of carbonyl (C=O) groups is 2. The number of aliphatic carboxylic acids is 1. The van der Waals surface area contributed by atoms with E-state index in [-0.39, 0.29) is 0 Å². The lowest BCUT2D eigenvalue weighted by Gasteiger charge is -2.38. The van der Waals surface area contributed by atoms with Crippen LogP contribution in [0.5, 0.6) is 0 Å². The van der Waals surface area contributed by atoms with Gasteiger partial charge in [-0.15, -0.1) is 0 Å². The third-order valence-electron chi connectivity index (χ3n) is 3.60. The highest BCUT2D eigenvalue weighted by atomic mass is 16.4. The van der Waals surface area contributed by atoms with E-state index in [1.165, 1.54) is 0 Å². The quantitative estimate of drug-likeness (QED) is 0.652. The maximum Gasteiger partial charge on any atom is 0.329 e. The van der Waals surface area contributed by atoms with Gasteiger partial charge in [0, 0.05) is 19.1 Å². The summed E-state index contributed by atoms with van der Waals surface area (Å²) >= 11 is 0. The monoisotopic (exact) mass is 257 g/mol. The molecule has 0 heterocycles. The van der Waals surface area contributed by atoms with Gasteiger partial charge >= 0.3 is 12.0 Å². The van der Waals surface area contributed by atoms with Crippen LogP contribution in [0.25, 0.3) is 0 Å². The fraction of sp³-hybridized carbons (Fsp3) is 0.833. The molecule has 0 saturated heterocycles. The Balaban J connectivity index is 2.27. The molecule has 1 saturated carbocycles. The van der Waals surface area contributed by atoms with Crippen LogP contribution in [0.4, 0.5) is 4.79 Å². The topological polar surface area (TPSA) is 81.7 Å². The van der Waals surface area contributed by atoms with Crippen LogP contribution in [0.15, 0.2) is 0 Å². The van der Waals surface area contributed by atoms with E-state index >= 15 is 0 Å². The molecule has 0 atom stereocenters. The Kier molecular flexibility index (Phi) is 4.95. The van der Waals surface area contributed by atoms with Crippen molar-refractivity contribution in [2.45, 2.75) is 44.7 Å². The first-order valence-electron chi connectivity index (χ1n) is 6.37. The van der Waals surface area contributed by atoms with Gasteiger partial charge in [0.05, 0.1) is 0 Å². The van der Waals surface area contributed by atoms with Crippen LogP contribution in [-0.4, -0.2) is 53.7 Å². The molecule has 104 valence electrons.